The maximum atomic E-state index is 12.8. The van der Waals surface area contributed by atoms with E-state index >= 15 is 0 Å². The van der Waals surface area contributed by atoms with Gasteiger partial charge in [0.25, 0.3) is 5.56 Å². The van der Waals surface area contributed by atoms with Crippen LogP contribution in [-0.4, -0.2) is 44.8 Å². The molecule has 1 aliphatic heterocycles. The average Bonchev–Trinajstić information content (AvgIpc) is 3.23. The lowest BCUT2D eigenvalue weighted by molar-refractivity contribution is -0.140. The van der Waals surface area contributed by atoms with Gasteiger partial charge in [0, 0.05) is 18.7 Å². The maximum absolute atomic E-state index is 12.8. The van der Waals surface area contributed by atoms with Crippen LogP contribution < -0.4 is 21.5 Å². The Hall–Kier alpha value is -3.72. The molecule has 0 spiro atoms. The van der Waals surface area contributed by atoms with Crippen LogP contribution >= 0.6 is 0 Å². The van der Waals surface area contributed by atoms with E-state index in [9.17, 15) is 23.2 Å². The fourth-order valence-electron chi connectivity index (χ4n) is 3.34. The second-order valence-corrected chi connectivity index (χ2v) is 7.03. The third-order valence-corrected chi connectivity index (χ3v) is 4.75. The Kier molecular flexibility index (Phi) is 5.43. The monoisotopic (exact) mass is 430 g/mol. The molecule has 1 fully saturated rings. The molecule has 1 atom stereocenters. The highest BCUT2D eigenvalue weighted by Crippen LogP contribution is 2.23. The predicted octanol–water partition coefficient (Wildman–Crippen LogP) is 2.14. The number of pyridine rings is 2. The van der Waals surface area contributed by atoms with Crippen molar-refractivity contribution in [2.24, 2.45) is 0 Å². The van der Waals surface area contributed by atoms with Crippen molar-refractivity contribution in [3.05, 3.63) is 46.6 Å². The van der Waals surface area contributed by atoms with Gasteiger partial charge in [-0.3, -0.25) is 9.36 Å². The van der Waals surface area contributed by atoms with Crippen LogP contribution in [0.25, 0.3) is 11.0 Å². The lowest BCUT2D eigenvalue weighted by atomic mass is 10.2. The summed E-state index contributed by atoms with van der Waals surface area (Å²) in [7, 11) is 0. The van der Waals surface area contributed by atoms with Gasteiger partial charge in [-0.1, -0.05) is 0 Å². The molecule has 9 nitrogen and oxygen atoms in total. The minimum absolute atomic E-state index is 0.0237. The van der Waals surface area contributed by atoms with Crippen LogP contribution in [0.2, 0.25) is 0 Å². The Morgan fingerprint density at radius 1 is 1.29 bits per heavy atom. The number of halogens is 3. The van der Waals surface area contributed by atoms with Crippen molar-refractivity contribution in [2.45, 2.75) is 25.2 Å². The minimum atomic E-state index is -4.55. The molecule has 0 aromatic carbocycles. The first-order valence-electron chi connectivity index (χ1n) is 9.40. The van der Waals surface area contributed by atoms with Gasteiger partial charge in [-0.25, -0.2) is 15.0 Å². The lowest BCUT2D eigenvalue weighted by Gasteiger charge is -2.15. The maximum Gasteiger partial charge on any atom is 0.406 e. The van der Waals surface area contributed by atoms with E-state index in [0.717, 1.165) is 31.8 Å². The molecule has 12 heteroatoms. The van der Waals surface area contributed by atoms with Gasteiger partial charge in [0.05, 0.1) is 34.8 Å². The van der Waals surface area contributed by atoms with E-state index in [1.54, 1.807) is 6.07 Å². The van der Waals surface area contributed by atoms with Gasteiger partial charge in [0.15, 0.2) is 5.69 Å². The van der Waals surface area contributed by atoms with Crippen LogP contribution in [-0.2, 0) is 6.54 Å². The summed E-state index contributed by atoms with van der Waals surface area (Å²) in [6.45, 7) is 0.231. The highest BCUT2D eigenvalue weighted by Gasteiger charge is 2.29. The number of nitrogens with one attached hydrogen (secondary N) is 3. The first-order valence-corrected chi connectivity index (χ1v) is 9.40. The fourth-order valence-corrected chi connectivity index (χ4v) is 3.34. The second kappa shape index (κ2) is 8.19. The first kappa shape index (κ1) is 20.5. The van der Waals surface area contributed by atoms with Gasteiger partial charge in [0.2, 0.25) is 5.95 Å². The molecule has 0 unspecified atom stereocenters. The van der Waals surface area contributed by atoms with Crippen LogP contribution in [0.3, 0.4) is 0 Å². The van der Waals surface area contributed by atoms with E-state index < -0.39 is 18.3 Å². The van der Waals surface area contributed by atoms with E-state index in [-0.39, 0.29) is 28.7 Å². The number of aromatic nitrogens is 4. The Bertz CT molecular complexity index is 1210. The molecule has 1 aliphatic rings. The van der Waals surface area contributed by atoms with Gasteiger partial charge >= 0.3 is 6.18 Å². The predicted molar refractivity (Wildman–Crippen MR) is 107 cm³/mol. The number of fused-ring (bicyclic) bond motifs is 1. The normalized spacial score (nSPS) is 16.3. The molecule has 4 rings (SSSR count). The smallest absolute Gasteiger partial charge is 0.379 e. The van der Waals surface area contributed by atoms with Crippen molar-refractivity contribution in [1.82, 2.24) is 24.8 Å². The molecule has 4 heterocycles. The highest BCUT2D eigenvalue weighted by atomic mass is 19.4. The molecule has 0 radical (unpaired) electrons. The number of nitriles is 1. The summed E-state index contributed by atoms with van der Waals surface area (Å²) >= 11 is 0. The summed E-state index contributed by atoms with van der Waals surface area (Å²) in [6, 6.07) is 6.28. The quantitative estimate of drug-likeness (QED) is 0.563. The van der Waals surface area contributed by atoms with Crippen molar-refractivity contribution in [1.29, 1.82) is 5.26 Å². The van der Waals surface area contributed by atoms with E-state index in [2.05, 4.69) is 30.9 Å². The van der Waals surface area contributed by atoms with Crippen LogP contribution in [0, 0.1) is 11.3 Å². The molecule has 31 heavy (non-hydrogen) atoms. The van der Waals surface area contributed by atoms with Crippen LogP contribution in [0.4, 0.5) is 30.5 Å². The van der Waals surface area contributed by atoms with Gasteiger partial charge in [-0.2, -0.15) is 18.4 Å². The fraction of sp³-hybridized carbons (Fsp3) is 0.316. The second-order valence-electron chi connectivity index (χ2n) is 7.03. The number of hydrogen-bond acceptors (Lipinski definition) is 8. The molecular formula is C19H17F3N8O. The minimum Gasteiger partial charge on any atom is -0.379 e. The van der Waals surface area contributed by atoms with Gasteiger partial charge in [-0.05, 0) is 25.1 Å². The summed E-state index contributed by atoms with van der Waals surface area (Å²) in [4.78, 5) is 24.2. The van der Waals surface area contributed by atoms with Crippen molar-refractivity contribution in [3.8, 4) is 6.07 Å². The molecule has 1 saturated heterocycles. The van der Waals surface area contributed by atoms with Crippen LogP contribution in [0.15, 0.2) is 35.4 Å². The lowest BCUT2D eigenvalue weighted by Crippen LogP contribution is -2.28. The van der Waals surface area contributed by atoms with Crippen LogP contribution in [0.5, 0.6) is 0 Å². The largest absolute Gasteiger partial charge is 0.406 e. The Labute approximate surface area is 174 Å². The molecule has 3 aromatic heterocycles. The molecule has 0 bridgehead atoms. The van der Waals surface area contributed by atoms with Crippen molar-refractivity contribution in [2.75, 3.05) is 23.7 Å². The average molecular weight is 430 g/mol. The Balaban J connectivity index is 1.62. The number of alkyl halides is 3. The Morgan fingerprint density at radius 3 is 2.84 bits per heavy atom. The molecule has 0 aliphatic carbocycles. The molecule has 0 saturated carbocycles. The molecular weight excluding hydrogens is 413 g/mol. The zero-order valence-electron chi connectivity index (χ0n) is 16.1. The summed E-state index contributed by atoms with van der Waals surface area (Å²) in [6.07, 6.45) is -1.04. The number of anilines is 3. The van der Waals surface area contributed by atoms with Crippen molar-refractivity contribution >= 4 is 28.4 Å². The third kappa shape index (κ3) is 4.72. The topological polar surface area (TPSA) is 121 Å². The summed E-state index contributed by atoms with van der Waals surface area (Å²) in [5.74, 6) is 0.115. The van der Waals surface area contributed by atoms with Crippen molar-refractivity contribution < 1.29 is 13.2 Å². The highest BCUT2D eigenvalue weighted by molar-refractivity contribution is 5.75. The number of hydrogen-bond donors (Lipinski definition) is 3. The Morgan fingerprint density at radius 2 is 2.13 bits per heavy atom. The number of rotatable bonds is 5. The van der Waals surface area contributed by atoms with Gasteiger partial charge in [-0.15, -0.1) is 0 Å². The first-order chi connectivity index (χ1) is 14.8. The number of nitrogens with zero attached hydrogens (tertiary/aromatic N) is 5. The van der Waals surface area contributed by atoms with Crippen LogP contribution in [0.1, 0.15) is 12.1 Å². The zero-order valence-corrected chi connectivity index (χ0v) is 16.1. The van der Waals surface area contributed by atoms with E-state index in [1.807, 2.05) is 6.07 Å². The third-order valence-electron chi connectivity index (χ3n) is 4.75. The van der Waals surface area contributed by atoms with Crippen molar-refractivity contribution in [3.63, 3.8) is 0 Å². The molecule has 160 valence electrons. The molecule has 0 amide bonds. The zero-order chi connectivity index (χ0) is 22.0. The SMILES string of the molecule is N#Cc1ncc(Nc2ncc3c(ccc(=O)n3CC(F)(F)F)n2)cc1N[C@H]1CCNC1. The molecule has 3 N–H and O–H groups in total. The summed E-state index contributed by atoms with van der Waals surface area (Å²) in [5.41, 5.74) is 0.662. The summed E-state index contributed by atoms with van der Waals surface area (Å²) < 4.78 is 39.0. The van der Waals surface area contributed by atoms with E-state index in [4.69, 9.17) is 0 Å². The van der Waals surface area contributed by atoms with E-state index in [1.165, 1.54) is 12.3 Å². The summed E-state index contributed by atoms with van der Waals surface area (Å²) in [5, 5.41) is 18.7. The van der Waals surface area contributed by atoms with E-state index in [0.29, 0.717) is 15.9 Å². The van der Waals surface area contributed by atoms with Gasteiger partial charge in [0.1, 0.15) is 12.6 Å². The standard InChI is InChI=1S/C19H17F3N8O/c20-19(21,22)10-30-16-9-26-18(29-13(16)1-2-17(30)31)28-12-5-14(15(6-23)25-8-12)27-11-3-4-24-7-11/h1-2,5,8-9,11,24,27H,3-4,7,10H2,(H,26,28,29)/t11-/m0/s1. The molecule has 3 aromatic rings. The van der Waals surface area contributed by atoms with Gasteiger partial charge < -0.3 is 16.0 Å².